The maximum atomic E-state index is 9.20. The van der Waals surface area contributed by atoms with Crippen molar-refractivity contribution in [3.63, 3.8) is 0 Å². The van der Waals surface area contributed by atoms with E-state index in [1.54, 1.807) is 11.3 Å². The third kappa shape index (κ3) is 2.61. The molecule has 0 saturated carbocycles. The van der Waals surface area contributed by atoms with Crippen LogP contribution >= 0.6 is 11.3 Å². The van der Waals surface area contributed by atoms with Gasteiger partial charge in [0.25, 0.3) is 0 Å². The molecule has 0 aromatic carbocycles. The number of hydrogen-bond acceptors (Lipinski definition) is 3. The third-order valence-electron chi connectivity index (χ3n) is 1.50. The number of aliphatic hydroxyl groups is 1. The molecule has 2 nitrogen and oxygen atoms in total. The molecule has 1 aromatic rings. The summed E-state index contributed by atoms with van der Waals surface area (Å²) in [6.45, 7) is 2.40. The monoisotopic (exact) mass is 171 g/mol. The van der Waals surface area contributed by atoms with E-state index < -0.39 is 0 Å². The van der Waals surface area contributed by atoms with Crippen LogP contribution in [0, 0.1) is 6.92 Å². The number of hydrogen-bond donors (Lipinski definition) is 2. The molecule has 62 valence electrons. The van der Waals surface area contributed by atoms with E-state index >= 15 is 0 Å². The maximum Gasteiger partial charge on any atom is 0.0710 e. The Morgan fingerprint density at radius 1 is 1.64 bits per heavy atom. The summed E-state index contributed by atoms with van der Waals surface area (Å²) >= 11 is 1.72. The standard InChI is InChI=1S/C8H13NOS/c1-6-2-3-8(11-6)4-7(10)5-9/h2-3,7,10H,4-5,9H2,1H3. The highest BCUT2D eigenvalue weighted by Crippen LogP contribution is 2.16. The molecule has 0 aliphatic rings. The van der Waals surface area contributed by atoms with Crippen LogP contribution in [-0.4, -0.2) is 17.8 Å². The fraction of sp³-hybridized carbons (Fsp3) is 0.500. The number of aryl methyl sites for hydroxylation is 1. The number of rotatable bonds is 3. The SMILES string of the molecule is Cc1ccc(CC(O)CN)s1. The normalized spacial score (nSPS) is 13.4. The van der Waals surface area contributed by atoms with Crippen LogP contribution in [0.25, 0.3) is 0 Å². The average molecular weight is 171 g/mol. The lowest BCUT2D eigenvalue weighted by atomic mass is 10.2. The molecule has 0 bridgehead atoms. The highest BCUT2D eigenvalue weighted by Gasteiger charge is 2.03. The molecule has 1 aromatic heterocycles. The fourth-order valence-corrected chi connectivity index (χ4v) is 1.87. The lowest BCUT2D eigenvalue weighted by molar-refractivity contribution is 0.184. The first-order chi connectivity index (χ1) is 5.22. The van der Waals surface area contributed by atoms with Crippen molar-refractivity contribution in [2.24, 2.45) is 5.73 Å². The quantitative estimate of drug-likeness (QED) is 0.710. The van der Waals surface area contributed by atoms with Crippen LogP contribution in [0.4, 0.5) is 0 Å². The van der Waals surface area contributed by atoms with Crippen LogP contribution in [0.2, 0.25) is 0 Å². The van der Waals surface area contributed by atoms with Gasteiger partial charge in [0.05, 0.1) is 6.10 Å². The molecular formula is C8H13NOS. The van der Waals surface area contributed by atoms with Gasteiger partial charge in [-0.25, -0.2) is 0 Å². The minimum Gasteiger partial charge on any atom is -0.391 e. The van der Waals surface area contributed by atoms with Crippen LogP contribution in [-0.2, 0) is 6.42 Å². The largest absolute Gasteiger partial charge is 0.391 e. The molecule has 1 heterocycles. The molecule has 0 aliphatic carbocycles. The highest BCUT2D eigenvalue weighted by atomic mass is 32.1. The molecular weight excluding hydrogens is 158 g/mol. The van der Waals surface area contributed by atoms with E-state index in [9.17, 15) is 5.11 Å². The maximum absolute atomic E-state index is 9.20. The van der Waals surface area contributed by atoms with Crippen LogP contribution in [0.15, 0.2) is 12.1 Å². The summed E-state index contributed by atoms with van der Waals surface area (Å²) in [5.74, 6) is 0. The second kappa shape index (κ2) is 3.85. The molecule has 1 atom stereocenters. The first-order valence-electron chi connectivity index (χ1n) is 3.66. The van der Waals surface area contributed by atoms with Gasteiger partial charge < -0.3 is 10.8 Å². The van der Waals surface area contributed by atoms with Crippen molar-refractivity contribution in [3.05, 3.63) is 21.9 Å². The topological polar surface area (TPSA) is 46.2 Å². The van der Waals surface area contributed by atoms with E-state index in [1.165, 1.54) is 9.75 Å². The zero-order valence-electron chi connectivity index (χ0n) is 6.58. The summed E-state index contributed by atoms with van der Waals surface area (Å²) in [5, 5.41) is 9.20. The van der Waals surface area contributed by atoms with Gasteiger partial charge in [0, 0.05) is 22.7 Å². The van der Waals surface area contributed by atoms with E-state index in [0.29, 0.717) is 13.0 Å². The fourth-order valence-electron chi connectivity index (χ4n) is 0.910. The second-order valence-corrected chi connectivity index (χ2v) is 3.98. The summed E-state index contributed by atoms with van der Waals surface area (Å²) in [5.41, 5.74) is 5.28. The first-order valence-corrected chi connectivity index (χ1v) is 4.47. The van der Waals surface area contributed by atoms with E-state index in [-0.39, 0.29) is 6.10 Å². The Bertz CT molecular complexity index is 222. The summed E-state index contributed by atoms with van der Waals surface area (Å²) < 4.78 is 0. The predicted octanol–water partition coefficient (Wildman–Crippen LogP) is 0.919. The van der Waals surface area contributed by atoms with Gasteiger partial charge in [-0.2, -0.15) is 0 Å². The zero-order chi connectivity index (χ0) is 8.27. The second-order valence-electron chi connectivity index (χ2n) is 2.61. The minimum absolute atomic E-state index is 0.344. The third-order valence-corrected chi connectivity index (χ3v) is 2.53. The van der Waals surface area contributed by atoms with Crippen molar-refractivity contribution in [1.82, 2.24) is 0 Å². The van der Waals surface area contributed by atoms with Gasteiger partial charge in [-0.05, 0) is 19.1 Å². The number of nitrogens with two attached hydrogens (primary N) is 1. The zero-order valence-corrected chi connectivity index (χ0v) is 7.40. The van der Waals surface area contributed by atoms with Gasteiger partial charge in [0.1, 0.15) is 0 Å². The van der Waals surface area contributed by atoms with Crippen LogP contribution < -0.4 is 5.73 Å². The van der Waals surface area contributed by atoms with Gasteiger partial charge in [-0.3, -0.25) is 0 Å². The molecule has 0 amide bonds. The van der Waals surface area contributed by atoms with E-state index in [2.05, 4.69) is 13.0 Å². The molecule has 0 radical (unpaired) electrons. The van der Waals surface area contributed by atoms with E-state index in [4.69, 9.17) is 5.73 Å². The summed E-state index contributed by atoms with van der Waals surface area (Å²) in [7, 11) is 0. The van der Waals surface area contributed by atoms with Crippen molar-refractivity contribution in [2.45, 2.75) is 19.4 Å². The molecule has 3 N–H and O–H groups in total. The Hall–Kier alpha value is -0.380. The Morgan fingerprint density at radius 2 is 2.36 bits per heavy atom. The van der Waals surface area contributed by atoms with Crippen molar-refractivity contribution in [1.29, 1.82) is 0 Å². The van der Waals surface area contributed by atoms with Crippen molar-refractivity contribution >= 4 is 11.3 Å². The lowest BCUT2D eigenvalue weighted by Crippen LogP contribution is -2.21. The van der Waals surface area contributed by atoms with Crippen LogP contribution in [0.3, 0.4) is 0 Å². The van der Waals surface area contributed by atoms with Crippen molar-refractivity contribution < 1.29 is 5.11 Å². The average Bonchev–Trinajstić information content (AvgIpc) is 2.35. The molecule has 11 heavy (non-hydrogen) atoms. The molecule has 1 rings (SSSR count). The van der Waals surface area contributed by atoms with Gasteiger partial charge >= 0.3 is 0 Å². The summed E-state index contributed by atoms with van der Waals surface area (Å²) in [6.07, 6.45) is 0.308. The highest BCUT2D eigenvalue weighted by molar-refractivity contribution is 7.11. The lowest BCUT2D eigenvalue weighted by Gasteiger charge is -2.03. The van der Waals surface area contributed by atoms with Gasteiger partial charge in [0.15, 0.2) is 0 Å². The Kier molecular flexibility index (Phi) is 3.05. The molecule has 0 fully saturated rings. The molecule has 0 saturated heterocycles. The molecule has 3 heteroatoms. The molecule has 1 unspecified atom stereocenters. The van der Waals surface area contributed by atoms with Gasteiger partial charge in [-0.15, -0.1) is 11.3 Å². The van der Waals surface area contributed by atoms with E-state index in [0.717, 1.165) is 0 Å². The predicted molar refractivity (Wildman–Crippen MR) is 47.8 cm³/mol. The molecule has 0 spiro atoms. The van der Waals surface area contributed by atoms with E-state index in [1.807, 2.05) is 6.07 Å². The number of aliphatic hydroxyl groups excluding tert-OH is 1. The smallest absolute Gasteiger partial charge is 0.0710 e. The minimum atomic E-state index is -0.381. The first kappa shape index (κ1) is 8.71. The van der Waals surface area contributed by atoms with Crippen molar-refractivity contribution in [3.8, 4) is 0 Å². The summed E-state index contributed by atoms with van der Waals surface area (Å²) in [4.78, 5) is 2.49. The Labute approximate surface area is 70.7 Å². The Balaban J connectivity index is 2.50. The summed E-state index contributed by atoms with van der Waals surface area (Å²) in [6, 6.07) is 4.10. The molecule has 0 aliphatic heterocycles. The Morgan fingerprint density at radius 3 is 2.82 bits per heavy atom. The van der Waals surface area contributed by atoms with Crippen LogP contribution in [0.5, 0.6) is 0 Å². The van der Waals surface area contributed by atoms with Crippen LogP contribution in [0.1, 0.15) is 9.75 Å². The number of thiophene rings is 1. The van der Waals surface area contributed by atoms with Gasteiger partial charge in [0.2, 0.25) is 0 Å². The van der Waals surface area contributed by atoms with Crippen molar-refractivity contribution in [2.75, 3.05) is 6.54 Å². The van der Waals surface area contributed by atoms with Gasteiger partial charge in [-0.1, -0.05) is 0 Å².